The number of nitrogens with zero attached hydrogens (tertiary/aromatic N) is 8. The molecular formula is C58H38N12Na4O18S4. The van der Waals surface area contributed by atoms with Crippen LogP contribution in [0.15, 0.2) is 230 Å². The molecule has 0 spiro atoms. The number of carbonyl (C=O) groups is 2. The number of nitrogens with two attached hydrogens (primary N) is 2. The number of nitrogens with one attached hydrogen (secondary N) is 2. The molecule has 0 bridgehead atoms. The number of carboxylic acid groups (broad SMARTS) is 2. The van der Waals surface area contributed by atoms with E-state index in [2.05, 4.69) is 51.5 Å². The number of aromatic carboxylic acids is 2. The van der Waals surface area contributed by atoms with E-state index in [1.165, 1.54) is 36.4 Å². The smallest absolute Gasteiger partial charge is 0.871 e. The molecule has 466 valence electrons. The summed E-state index contributed by atoms with van der Waals surface area (Å²) in [7, 11) is -19.5. The Labute approximate surface area is 632 Å². The van der Waals surface area contributed by atoms with Crippen LogP contribution < -0.4 is 160 Å². The zero-order valence-corrected chi connectivity index (χ0v) is 61.3. The Bertz CT molecular complexity index is 5050. The van der Waals surface area contributed by atoms with Gasteiger partial charge in [0.25, 0.3) is 20.2 Å². The van der Waals surface area contributed by atoms with Crippen LogP contribution in [0.25, 0.3) is 32.7 Å². The molecule has 0 aliphatic carbocycles. The second-order valence-electron chi connectivity index (χ2n) is 19.4. The van der Waals surface area contributed by atoms with Crippen molar-refractivity contribution in [1.82, 2.24) is 0 Å². The SMILES string of the molecule is NS(=O)(=O)c1ccc([O-])c(N=Nc2c(Nc3ccccc3)ccc3c([O-])c(N=Nc4ccc(-c5ccc(N=Nc6c(S(=O)(=O)O)cc7c(N=Nc8cc(S(N)(=O)=O)ccc8[O-])c(Nc8ccccc8)ccc7c6[O-])c(C(=O)O)c5)cc4C(=O)O)c(S(=O)(=O)O)cc23)c1.[Na+].[Na+].[Na+].[Na+]. The fourth-order valence-corrected chi connectivity index (χ4v) is 11.4. The molecule has 10 rings (SSSR count). The fraction of sp³-hybridized carbons (Fsp3) is 0. The van der Waals surface area contributed by atoms with Crippen molar-refractivity contribution in [1.29, 1.82) is 0 Å². The van der Waals surface area contributed by atoms with Crippen LogP contribution in [0.1, 0.15) is 20.7 Å². The van der Waals surface area contributed by atoms with Gasteiger partial charge in [0.2, 0.25) is 20.0 Å². The van der Waals surface area contributed by atoms with E-state index < -0.39 is 140 Å². The van der Waals surface area contributed by atoms with Gasteiger partial charge in [0.15, 0.2) is 0 Å². The summed E-state index contributed by atoms with van der Waals surface area (Å²) < 4.78 is 122. The molecule has 0 amide bonds. The molecule has 0 aliphatic rings. The van der Waals surface area contributed by atoms with Gasteiger partial charge in [-0.25, -0.2) is 36.7 Å². The van der Waals surface area contributed by atoms with Crippen molar-refractivity contribution in [2.45, 2.75) is 19.6 Å². The van der Waals surface area contributed by atoms with Gasteiger partial charge < -0.3 is 41.3 Å². The van der Waals surface area contributed by atoms with Crippen molar-refractivity contribution in [3.63, 3.8) is 0 Å². The first-order valence-electron chi connectivity index (χ1n) is 25.7. The van der Waals surface area contributed by atoms with Crippen LogP contribution in [0.4, 0.5) is 68.2 Å². The molecule has 0 aromatic heterocycles. The molecule has 30 nitrogen and oxygen atoms in total. The number of para-hydroxylation sites is 2. The van der Waals surface area contributed by atoms with E-state index in [1.54, 1.807) is 60.7 Å². The number of carboxylic acids is 2. The van der Waals surface area contributed by atoms with Gasteiger partial charge in [-0.1, -0.05) is 95.8 Å². The fourth-order valence-electron chi connectivity index (χ4n) is 9.00. The molecule has 0 heterocycles. The van der Waals surface area contributed by atoms with Gasteiger partial charge >= 0.3 is 130 Å². The van der Waals surface area contributed by atoms with E-state index in [1.807, 2.05) is 0 Å². The van der Waals surface area contributed by atoms with Crippen LogP contribution in [0.3, 0.4) is 0 Å². The van der Waals surface area contributed by atoms with Crippen molar-refractivity contribution in [3.05, 3.63) is 181 Å². The minimum Gasteiger partial charge on any atom is -0.871 e. The predicted molar refractivity (Wildman–Crippen MR) is 323 cm³/mol. The number of azo groups is 4. The van der Waals surface area contributed by atoms with E-state index in [9.17, 15) is 83.0 Å². The summed E-state index contributed by atoms with van der Waals surface area (Å²) in [5.41, 5.74) is -5.10. The van der Waals surface area contributed by atoms with E-state index in [0.717, 1.165) is 72.8 Å². The number of rotatable bonds is 19. The quantitative estimate of drug-likeness (QED) is 0.0254. The Morgan fingerprint density at radius 3 is 1.03 bits per heavy atom. The summed E-state index contributed by atoms with van der Waals surface area (Å²) >= 11 is 0. The molecule has 0 unspecified atom stereocenters. The van der Waals surface area contributed by atoms with E-state index in [-0.39, 0.29) is 174 Å². The van der Waals surface area contributed by atoms with Gasteiger partial charge in [-0.2, -0.15) is 27.1 Å². The van der Waals surface area contributed by atoms with Crippen molar-refractivity contribution in [3.8, 4) is 34.1 Å². The van der Waals surface area contributed by atoms with Crippen LogP contribution >= 0.6 is 0 Å². The molecule has 10 N–H and O–H groups in total. The monoisotopic (exact) mass is 1410 g/mol. The zero-order valence-electron chi connectivity index (χ0n) is 50.0. The normalized spacial score (nSPS) is 11.9. The average Bonchev–Trinajstić information content (AvgIpc) is 0.757. The van der Waals surface area contributed by atoms with Crippen molar-refractivity contribution >= 4 is 142 Å². The third-order valence-electron chi connectivity index (χ3n) is 13.4. The third-order valence-corrected chi connectivity index (χ3v) is 16.9. The Kier molecular flexibility index (Phi) is 25.3. The Balaban J connectivity index is 0.00000364. The van der Waals surface area contributed by atoms with Crippen molar-refractivity contribution < 1.29 is 201 Å². The van der Waals surface area contributed by atoms with Crippen LogP contribution in [-0.4, -0.2) is 64.9 Å². The minimum atomic E-state index is -5.43. The molecule has 0 saturated carbocycles. The molecule has 38 heteroatoms. The largest absolute Gasteiger partial charge is 1.00 e. The van der Waals surface area contributed by atoms with Crippen LogP contribution in [0.2, 0.25) is 0 Å². The number of sulfonamides is 2. The minimum absolute atomic E-state index is 0. The third kappa shape index (κ3) is 17.4. The first-order chi connectivity index (χ1) is 43.4. The molecule has 96 heavy (non-hydrogen) atoms. The topological polar surface area (TPSA) is 519 Å². The number of hydrogen-bond donors (Lipinski definition) is 8. The van der Waals surface area contributed by atoms with Gasteiger partial charge in [0.1, 0.15) is 32.5 Å². The summed E-state index contributed by atoms with van der Waals surface area (Å²) in [6.45, 7) is 0. The molecular weight excluding hydrogens is 1370 g/mol. The summed E-state index contributed by atoms with van der Waals surface area (Å²) in [5, 5.41) is 122. The van der Waals surface area contributed by atoms with Crippen molar-refractivity contribution in [2.75, 3.05) is 10.6 Å². The zero-order chi connectivity index (χ0) is 66.2. The first kappa shape index (κ1) is 77.5. The van der Waals surface area contributed by atoms with Gasteiger partial charge in [-0.05, 0) is 119 Å². The Morgan fingerprint density at radius 2 is 0.708 bits per heavy atom. The van der Waals surface area contributed by atoms with Crippen LogP contribution in [-0.2, 0) is 40.3 Å². The number of anilines is 4. The van der Waals surface area contributed by atoms with Crippen LogP contribution in [0.5, 0.6) is 23.0 Å². The maximum atomic E-state index is 14.3. The predicted octanol–water partition coefficient (Wildman–Crippen LogP) is -1.70. The molecule has 0 radical (unpaired) electrons. The number of benzene rings is 10. The van der Waals surface area contributed by atoms with E-state index in [4.69, 9.17) is 10.3 Å². The van der Waals surface area contributed by atoms with Gasteiger partial charge in [-0.15, -0.1) is 30.7 Å². The second kappa shape index (κ2) is 31.4. The molecule has 0 saturated heterocycles. The number of fused-ring (bicyclic) bond motifs is 2. The molecule has 10 aromatic rings. The maximum absolute atomic E-state index is 14.3. The van der Waals surface area contributed by atoms with Crippen molar-refractivity contribution in [2.24, 2.45) is 51.2 Å². The Morgan fingerprint density at radius 1 is 0.375 bits per heavy atom. The average molecular weight is 1410 g/mol. The summed E-state index contributed by atoms with van der Waals surface area (Å²) in [6, 6.07) is 35.0. The molecule has 0 aliphatic heterocycles. The second-order valence-corrected chi connectivity index (χ2v) is 25.3. The molecule has 0 fully saturated rings. The molecule has 10 aromatic carbocycles. The first-order valence-corrected chi connectivity index (χ1v) is 31.7. The van der Waals surface area contributed by atoms with Gasteiger partial charge in [-0.3, -0.25) is 9.11 Å². The summed E-state index contributed by atoms with van der Waals surface area (Å²) in [4.78, 5) is 22.3. The maximum Gasteiger partial charge on any atom is 1.00 e. The number of hydrogen-bond acceptors (Lipinski definition) is 24. The summed E-state index contributed by atoms with van der Waals surface area (Å²) in [6.07, 6.45) is 0. The Hall–Kier alpha value is -7.50. The standard InChI is InChI=1S/C58H42N12O18S4.4Na/c59-89(79,80)33-13-21-47(71)45(25-33)65-67-51-37-27-49(91(83,84)85)53(55(73)35(37)15-19-43(51)61-31-7-3-1-4-8-31)69-63-41-17-11-29(23-39(41)57(75)76)30-12-18-42(40(24-30)58(77)78)64-70-54-50(92(86,87)88)28-38-36(56(54)74)16-20-44(62-32-9-5-2-6-10-32)52(38)68-66-46-26-34(90(60,81)82)14-22-48(46)72;;;;/h1-28,61-62,71-74H,(H,75,76)(H,77,78)(H2,59,79,80)(H2,60,81,82)(H,83,84,85)(H,86,87,88);;;;/q;4*+1/p-4. The van der Waals surface area contributed by atoms with Crippen LogP contribution in [0, 0.1) is 0 Å². The van der Waals surface area contributed by atoms with Gasteiger partial charge in [0.05, 0.1) is 55.0 Å². The van der Waals surface area contributed by atoms with Gasteiger partial charge in [0, 0.05) is 22.1 Å². The van der Waals surface area contributed by atoms with E-state index in [0.29, 0.717) is 11.4 Å². The number of primary sulfonamides is 2. The summed E-state index contributed by atoms with van der Waals surface area (Å²) in [5.74, 6) is -7.38. The molecule has 0 atom stereocenters. The van der Waals surface area contributed by atoms with E-state index >= 15 is 0 Å².